The average Bonchev–Trinajstić information content (AvgIpc) is 2.98. The molecule has 1 aliphatic rings. The number of fused-ring (bicyclic) bond motifs is 1. The van der Waals surface area contributed by atoms with Crippen LogP contribution in [0.2, 0.25) is 0 Å². The van der Waals surface area contributed by atoms with Gasteiger partial charge in [0, 0.05) is 43.8 Å². The smallest absolute Gasteiger partial charge is 0.242 e. The Morgan fingerprint density at radius 2 is 2.39 bits per heavy atom. The maximum Gasteiger partial charge on any atom is 0.242 e. The molecule has 1 amide bonds. The molecule has 0 spiro atoms. The number of imidazole rings is 1. The second-order valence-corrected chi connectivity index (χ2v) is 4.50. The van der Waals surface area contributed by atoms with Gasteiger partial charge in [-0.2, -0.15) is 5.10 Å². The lowest BCUT2D eigenvalue weighted by atomic mass is 10.1. The topological polar surface area (TPSA) is 64.7 Å². The van der Waals surface area contributed by atoms with E-state index < -0.39 is 0 Å². The van der Waals surface area contributed by atoms with Gasteiger partial charge in [-0.1, -0.05) is 0 Å². The van der Waals surface area contributed by atoms with Crippen molar-refractivity contribution in [1.29, 1.82) is 0 Å². The zero-order chi connectivity index (χ0) is 12.4. The number of carbonyl (C=O) groups is 1. The molecular formula is C12H15N5O. The number of aryl methyl sites for hydroxylation is 1. The van der Waals surface area contributed by atoms with E-state index in [2.05, 4.69) is 20.0 Å². The third-order valence-corrected chi connectivity index (χ3v) is 3.17. The Balaban J connectivity index is 1.56. The number of nitrogens with one attached hydrogen (secondary N) is 1. The highest BCUT2D eigenvalue weighted by Crippen LogP contribution is 2.12. The molecule has 3 rings (SSSR count). The molecule has 1 atom stereocenters. The van der Waals surface area contributed by atoms with Gasteiger partial charge in [0.2, 0.25) is 5.91 Å². The van der Waals surface area contributed by atoms with Gasteiger partial charge in [-0.25, -0.2) is 4.98 Å². The first-order chi connectivity index (χ1) is 8.81. The van der Waals surface area contributed by atoms with Crippen molar-refractivity contribution in [2.75, 3.05) is 0 Å². The minimum atomic E-state index is 0.00673. The molecular weight excluding hydrogens is 230 g/mol. The number of rotatable bonds is 3. The highest BCUT2D eigenvalue weighted by Gasteiger charge is 2.20. The Morgan fingerprint density at radius 3 is 3.22 bits per heavy atom. The largest absolute Gasteiger partial charge is 0.350 e. The number of hydrogen-bond acceptors (Lipinski definition) is 3. The Labute approximate surface area is 105 Å². The van der Waals surface area contributed by atoms with Crippen LogP contribution in [0, 0.1) is 0 Å². The van der Waals surface area contributed by atoms with E-state index in [-0.39, 0.29) is 18.5 Å². The number of carbonyl (C=O) groups excluding carboxylic acids is 1. The molecule has 6 nitrogen and oxygen atoms in total. The van der Waals surface area contributed by atoms with Crippen molar-refractivity contribution in [3.8, 4) is 0 Å². The van der Waals surface area contributed by atoms with Gasteiger partial charge >= 0.3 is 0 Å². The van der Waals surface area contributed by atoms with E-state index in [1.807, 2.05) is 18.5 Å². The molecule has 0 aromatic carbocycles. The van der Waals surface area contributed by atoms with Crippen LogP contribution in [-0.2, 0) is 24.3 Å². The van der Waals surface area contributed by atoms with Crippen LogP contribution < -0.4 is 5.32 Å². The van der Waals surface area contributed by atoms with Gasteiger partial charge in [0.05, 0.1) is 0 Å². The highest BCUT2D eigenvalue weighted by molar-refractivity contribution is 5.75. The molecule has 6 heteroatoms. The molecule has 0 bridgehead atoms. The molecule has 0 unspecified atom stereocenters. The quantitative estimate of drug-likeness (QED) is 0.840. The van der Waals surface area contributed by atoms with Gasteiger partial charge in [-0.3, -0.25) is 9.48 Å². The molecule has 2 aromatic heterocycles. The fraction of sp³-hybridized carbons (Fsp3) is 0.417. The molecule has 0 saturated heterocycles. The van der Waals surface area contributed by atoms with Gasteiger partial charge in [0.1, 0.15) is 12.4 Å². The predicted octanol–water partition coefficient (Wildman–Crippen LogP) is 0.211. The molecule has 1 aliphatic heterocycles. The highest BCUT2D eigenvalue weighted by atomic mass is 16.2. The van der Waals surface area contributed by atoms with Crippen molar-refractivity contribution >= 4 is 5.91 Å². The summed E-state index contributed by atoms with van der Waals surface area (Å²) in [5.74, 6) is 1.11. The van der Waals surface area contributed by atoms with Gasteiger partial charge in [0.25, 0.3) is 0 Å². The SMILES string of the molecule is O=C(Cn1cccn1)N[C@@H]1CCc2nccn2C1. The van der Waals surface area contributed by atoms with Crippen LogP contribution in [0.4, 0.5) is 0 Å². The first-order valence-electron chi connectivity index (χ1n) is 6.08. The number of amides is 1. The maximum absolute atomic E-state index is 11.8. The van der Waals surface area contributed by atoms with E-state index in [9.17, 15) is 4.79 Å². The Kier molecular flexibility index (Phi) is 2.84. The number of hydrogen-bond donors (Lipinski definition) is 1. The Morgan fingerprint density at radius 1 is 1.44 bits per heavy atom. The summed E-state index contributed by atoms with van der Waals surface area (Å²) in [5.41, 5.74) is 0. The van der Waals surface area contributed by atoms with Crippen LogP contribution in [0.25, 0.3) is 0 Å². The molecule has 0 fully saturated rings. The fourth-order valence-electron chi connectivity index (χ4n) is 2.30. The summed E-state index contributed by atoms with van der Waals surface area (Å²) in [6.45, 7) is 1.08. The normalized spacial score (nSPS) is 18.3. The minimum Gasteiger partial charge on any atom is -0.350 e. The minimum absolute atomic E-state index is 0.00673. The summed E-state index contributed by atoms with van der Waals surface area (Å²) in [7, 11) is 0. The van der Waals surface area contributed by atoms with E-state index >= 15 is 0 Å². The lowest BCUT2D eigenvalue weighted by Gasteiger charge is -2.24. The first kappa shape index (κ1) is 11.0. The van der Waals surface area contributed by atoms with Crippen molar-refractivity contribution in [1.82, 2.24) is 24.6 Å². The second kappa shape index (κ2) is 4.64. The first-order valence-corrected chi connectivity index (χ1v) is 6.08. The van der Waals surface area contributed by atoms with Gasteiger partial charge < -0.3 is 9.88 Å². The zero-order valence-corrected chi connectivity index (χ0v) is 9.99. The Bertz CT molecular complexity index is 530. The summed E-state index contributed by atoms with van der Waals surface area (Å²) in [5, 5.41) is 7.06. The fourth-order valence-corrected chi connectivity index (χ4v) is 2.30. The van der Waals surface area contributed by atoms with Crippen LogP contribution in [-0.4, -0.2) is 31.3 Å². The monoisotopic (exact) mass is 245 g/mol. The molecule has 18 heavy (non-hydrogen) atoms. The molecule has 0 saturated carbocycles. The third kappa shape index (κ3) is 2.27. The standard InChI is InChI=1S/C12H15N5O/c18-12(9-17-6-1-4-14-17)15-10-2-3-11-13-5-7-16(11)8-10/h1,4-7,10H,2-3,8-9H2,(H,15,18)/t10-/m1/s1. The van der Waals surface area contributed by atoms with Crippen LogP contribution in [0.5, 0.6) is 0 Å². The summed E-state index contributed by atoms with van der Waals surface area (Å²) >= 11 is 0. The van der Waals surface area contributed by atoms with Crippen LogP contribution in [0.3, 0.4) is 0 Å². The Hall–Kier alpha value is -2.11. The van der Waals surface area contributed by atoms with Crippen molar-refractivity contribution in [3.63, 3.8) is 0 Å². The molecule has 94 valence electrons. The number of nitrogens with zero attached hydrogens (tertiary/aromatic N) is 4. The zero-order valence-electron chi connectivity index (χ0n) is 9.99. The molecule has 0 aliphatic carbocycles. The van der Waals surface area contributed by atoms with Crippen LogP contribution >= 0.6 is 0 Å². The molecule has 1 N–H and O–H groups in total. The van der Waals surface area contributed by atoms with Crippen LogP contribution in [0.1, 0.15) is 12.2 Å². The third-order valence-electron chi connectivity index (χ3n) is 3.17. The van der Waals surface area contributed by atoms with Gasteiger partial charge in [-0.15, -0.1) is 0 Å². The van der Waals surface area contributed by atoms with Crippen molar-refractivity contribution in [3.05, 3.63) is 36.7 Å². The van der Waals surface area contributed by atoms with Crippen molar-refractivity contribution in [2.45, 2.75) is 32.0 Å². The van der Waals surface area contributed by atoms with E-state index in [1.165, 1.54) is 0 Å². The van der Waals surface area contributed by atoms with E-state index in [4.69, 9.17) is 0 Å². The summed E-state index contributed by atoms with van der Waals surface area (Å²) in [6, 6.07) is 2.00. The van der Waals surface area contributed by atoms with Gasteiger partial charge in [-0.05, 0) is 12.5 Å². The van der Waals surface area contributed by atoms with E-state index in [0.717, 1.165) is 25.2 Å². The van der Waals surface area contributed by atoms with E-state index in [1.54, 1.807) is 17.1 Å². The lowest BCUT2D eigenvalue weighted by molar-refractivity contribution is -0.122. The van der Waals surface area contributed by atoms with E-state index in [0.29, 0.717) is 0 Å². The molecule has 2 aromatic rings. The lowest BCUT2D eigenvalue weighted by Crippen LogP contribution is -2.42. The second-order valence-electron chi connectivity index (χ2n) is 4.50. The van der Waals surface area contributed by atoms with Crippen molar-refractivity contribution in [2.24, 2.45) is 0 Å². The maximum atomic E-state index is 11.8. The summed E-state index contributed by atoms with van der Waals surface area (Å²) in [6.07, 6.45) is 9.09. The molecule has 3 heterocycles. The summed E-state index contributed by atoms with van der Waals surface area (Å²) < 4.78 is 3.73. The summed E-state index contributed by atoms with van der Waals surface area (Å²) in [4.78, 5) is 16.1. The molecule has 0 radical (unpaired) electrons. The number of aromatic nitrogens is 4. The average molecular weight is 245 g/mol. The predicted molar refractivity (Wildman–Crippen MR) is 64.7 cm³/mol. The van der Waals surface area contributed by atoms with Gasteiger partial charge in [0.15, 0.2) is 0 Å². The van der Waals surface area contributed by atoms with Crippen molar-refractivity contribution < 1.29 is 4.79 Å². The van der Waals surface area contributed by atoms with Crippen LogP contribution in [0.15, 0.2) is 30.9 Å².